The minimum Gasteiger partial charge on any atom is -0.418 e. The first kappa shape index (κ1) is 14.4. The highest BCUT2D eigenvalue weighted by atomic mass is 28.4. The molecule has 3 heteroatoms. The van der Waals surface area contributed by atoms with Crippen molar-refractivity contribution >= 4 is 17.1 Å². The lowest BCUT2D eigenvalue weighted by atomic mass is 10.4. The molecule has 0 amide bonds. The van der Waals surface area contributed by atoms with Gasteiger partial charge in [0.2, 0.25) is 0 Å². The quantitative estimate of drug-likeness (QED) is 0.633. The van der Waals surface area contributed by atoms with E-state index in [1.54, 1.807) is 0 Å². The SMILES string of the molecule is CCC(O[Si](C)(C)[C@H](C)CC)[SiH](C)C. The monoisotopic (exact) mass is 232 g/mol. The van der Waals surface area contributed by atoms with E-state index in [2.05, 4.69) is 47.0 Å². The summed E-state index contributed by atoms with van der Waals surface area (Å²) in [4.78, 5) is 0. The molecule has 0 bridgehead atoms. The summed E-state index contributed by atoms with van der Waals surface area (Å²) in [5.41, 5.74) is 1.38. The van der Waals surface area contributed by atoms with E-state index in [-0.39, 0.29) is 0 Å². The standard InChI is InChI=1S/C11H28OSi2/c1-8-10(3)14(6,7)12-11(9-2)13(4)5/h10-11,13H,8-9H2,1-7H3/t10-,11?/m1/s1. The van der Waals surface area contributed by atoms with E-state index in [1.165, 1.54) is 12.8 Å². The van der Waals surface area contributed by atoms with Gasteiger partial charge in [-0.15, -0.1) is 0 Å². The molecule has 1 nitrogen and oxygen atoms in total. The summed E-state index contributed by atoms with van der Waals surface area (Å²) in [7, 11) is -2.04. The lowest BCUT2D eigenvalue weighted by molar-refractivity contribution is 0.252. The molecule has 0 saturated carbocycles. The van der Waals surface area contributed by atoms with Crippen LogP contribution in [0.25, 0.3) is 0 Å². The lowest BCUT2D eigenvalue weighted by Crippen LogP contribution is -2.43. The van der Waals surface area contributed by atoms with E-state index in [1.807, 2.05) is 0 Å². The van der Waals surface area contributed by atoms with Gasteiger partial charge in [0.25, 0.3) is 0 Å². The predicted octanol–water partition coefficient (Wildman–Crippen LogP) is 3.81. The molecule has 14 heavy (non-hydrogen) atoms. The topological polar surface area (TPSA) is 9.23 Å². The van der Waals surface area contributed by atoms with Crippen molar-refractivity contribution < 1.29 is 4.43 Å². The highest BCUT2D eigenvalue weighted by Crippen LogP contribution is 2.27. The molecule has 0 spiro atoms. The van der Waals surface area contributed by atoms with Gasteiger partial charge in [-0.05, 0) is 25.1 Å². The van der Waals surface area contributed by atoms with Gasteiger partial charge in [0.15, 0.2) is 8.32 Å². The maximum Gasteiger partial charge on any atom is 0.189 e. The largest absolute Gasteiger partial charge is 0.418 e. The minimum atomic E-state index is -1.42. The summed E-state index contributed by atoms with van der Waals surface area (Å²) in [5.74, 6) is 0. The molecule has 0 aromatic rings. The van der Waals surface area contributed by atoms with E-state index in [0.717, 1.165) is 5.54 Å². The van der Waals surface area contributed by atoms with E-state index >= 15 is 0 Å². The van der Waals surface area contributed by atoms with Gasteiger partial charge >= 0.3 is 0 Å². The van der Waals surface area contributed by atoms with Crippen LogP contribution in [0.1, 0.15) is 33.6 Å². The zero-order chi connectivity index (χ0) is 11.4. The van der Waals surface area contributed by atoms with E-state index in [0.29, 0.717) is 5.73 Å². The van der Waals surface area contributed by atoms with Crippen LogP contribution in [0.5, 0.6) is 0 Å². The highest BCUT2D eigenvalue weighted by molar-refractivity contribution is 6.73. The van der Waals surface area contributed by atoms with Gasteiger partial charge in [0.1, 0.15) is 0 Å². The first-order chi connectivity index (χ1) is 6.35. The van der Waals surface area contributed by atoms with Crippen molar-refractivity contribution in [3.05, 3.63) is 0 Å². The molecular weight excluding hydrogens is 204 g/mol. The molecule has 86 valence electrons. The van der Waals surface area contributed by atoms with Crippen LogP contribution in [0, 0.1) is 0 Å². The molecule has 0 aliphatic rings. The van der Waals surface area contributed by atoms with Crippen LogP contribution in [0.15, 0.2) is 0 Å². The maximum atomic E-state index is 6.40. The highest BCUT2D eigenvalue weighted by Gasteiger charge is 2.32. The molecule has 0 radical (unpaired) electrons. The Labute approximate surface area is 93.0 Å². The fourth-order valence-corrected chi connectivity index (χ4v) is 6.93. The van der Waals surface area contributed by atoms with Gasteiger partial charge in [0, 0.05) is 5.73 Å². The van der Waals surface area contributed by atoms with E-state index in [9.17, 15) is 0 Å². The molecule has 2 atom stereocenters. The molecule has 1 unspecified atom stereocenters. The van der Waals surface area contributed by atoms with Crippen molar-refractivity contribution in [2.24, 2.45) is 0 Å². The van der Waals surface area contributed by atoms with Crippen molar-refractivity contribution in [2.75, 3.05) is 0 Å². The van der Waals surface area contributed by atoms with Crippen LogP contribution in [0.2, 0.25) is 31.7 Å². The minimum absolute atomic E-state index is 0.602. The predicted molar refractivity (Wildman–Crippen MR) is 71.2 cm³/mol. The maximum absolute atomic E-state index is 6.40. The van der Waals surface area contributed by atoms with Gasteiger partial charge in [-0.2, -0.15) is 0 Å². The Morgan fingerprint density at radius 2 is 1.64 bits per heavy atom. The van der Waals surface area contributed by atoms with Crippen molar-refractivity contribution in [3.8, 4) is 0 Å². The summed E-state index contributed by atoms with van der Waals surface area (Å²) in [6, 6.07) is 0. The first-order valence-electron chi connectivity index (χ1n) is 6.02. The Morgan fingerprint density at radius 1 is 1.14 bits per heavy atom. The normalized spacial score (nSPS) is 17.1. The second kappa shape index (κ2) is 6.08. The smallest absolute Gasteiger partial charge is 0.189 e. The molecular formula is C11H28OSi2. The van der Waals surface area contributed by atoms with Gasteiger partial charge in [-0.1, -0.05) is 40.3 Å². The number of rotatable bonds is 6. The molecule has 0 aliphatic carbocycles. The first-order valence-corrected chi connectivity index (χ1v) is 12.0. The Kier molecular flexibility index (Phi) is 6.25. The van der Waals surface area contributed by atoms with Gasteiger partial charge in [-0.25, -0.2) is 0 Å². The number of hydrogen-bond acceptors (Lipinski definition) is 1. The average Bonchev–Trinajstić information content (AvgIpc) is 2.12. The second-order valence-corrected chi connectivity index (χ2v) is 12.9. The van der Waals surface area contributed by atoms with Crippen molar-refractivity contribution in [1.29, 1.82) is 0 Å². The molecule has 0 aliphatic heterocycles. The summed E-state index contributed by atoms with van der Waals surface area (Å²) >= 11 is 0. The van der Waals surface area contributed by atoms with Crippen LogP contribution >= 0.6 is 0 Å². The molecule has 0 N–H and O–H groups in total. The Morgan fingerprint density at radius 3 is 1.93 bits per heavy atom. The molecule has 0 fully saturated rings. The third kappa shape index (κ3) is 4.28. The molecule has 0 rings (SSSR count). The Balaban J connectivity index is 4.31. The van der Waals surface area contributed by atoms with Gasteiger partial charge < -0.3 is 4.43 Å². The molecule has 0 aromatic carbocycles. The zero-order valence-electron chi connectivity index (χ0n) is 11.1. The van der Waals surface area contributed by atoms with Crippen molar-refractivity contribution in [2.45, 2.75) is 71.1 Å². The Bertz CT molecular complexity index is 157. The van der Waals surface area contributed by atoms with E-state index in [4.69, 9.17) is 4.43 Å². The van der Waals surface area contributed by atoms with Crippen LogP contribution < -0.4 is 0 Å². The Hall–Kier alpha value is 0.394. The summed E-state index contributed by atoms with van der Waals surface area (Å²) < 4.78 is 6.40. The van der Waals surface area contributed by atoms with E-state index < -0.39 is 17.1 Å². The van der Waals surface area contributed by atoms with Crippen LogP contribution in [0.4, 0.5) is 0 Å². The van der Waals surface area contributed by atoms with Crippen LogP contribution in [-0.2, 0) is 4.43 Å². The average molecular weight is 233 g/mol. The van der Waals surface area contributed by atoms with Crippen LogP contribution in [0.3, 0.4) is 0 Å². The fourth-order valence-electron chi connectivity index (χ4n) is 1.69. The third-order valence-electron chi connectivity index (χ3n) is 3.40. The lowest BCUT2D eigenvalue weighted by Gasteiger charge is -2.34. The summed E-state index contributed by atoms with van der Waals surface area (Å²) in [6.45, 7) is 16.4. The van der Waals surface area contributed by atoms with Gasteiger partial charge in [-0.3, -0.25) is 0 Å². The van der Waals surface area contributed by atoms with Crippen molar-refractivity contribution in [3.63, 3.8) is 0 Å². The van der Waals surface area contributed by atoms with Crippen LogP contribution in [-0.4, -0.2) is 22.8 Å². The zero-order valence-corrected chi connectivity index (χ0v) is 13.2. The van der Waals surface area contributed by atoms with Crippen molar-refractivity contribution in [1.82, 2.24) is 0 Å². The fraction of sp³-hybridized carbons (Fsp3) is 1.00. The second-order valence-electron chi connectivity index (χ2n) is 5.22. The molecule has 0 heterocycles. The van der Waals surface area contributed by atoms with Gasteiger partial charge in [0.05, 0.1) is 8.80 Å². The molecule has 0 saturated heterocycles. The summed E-state index contributed by atoms with van der Waals surface area (Å²) in [6.07, 6.45) is 2.46. The number of hydrogen-bond donors (Lipinski definition) is 0. The molecule has 0 aromatic heterocycles. The summed E-state index contributed by atoms with van der Waals surface area (Å²) in [5, 5.41) is 0. The third-order valence-corrected chi connectivity index (χ3v) is 9.46.